The van der Waals surface area contributed by atoms with Crippen LogP contribution in [0.15, 0.2) is 0 Å². The minimum Gasteiger partial charge on any atom is -0.311 e. The van der Waals surface area contributed by atoms with E-state index in [0.717, 1.165) is 23.8 Å². The molecule has 1 nitrogen and oxygen atoms in total. The zero-order valence-corrected chi connectivity index (χ0v) is 9.76. The third-order valence-electron chi connectivity index (χ3n) is 4.39. The molecule has 82 valence electrons. The van der Waals surface area contributed by atoms with Gasteiger partial charge in [0, 0.05) is 12.6 Å². The van der Waals surface area contributed by atoms with Crippen molar-refractivity contribution in [3.05, 3.63) is 0 Å². The molecule has 0 aromatic rings. The average Bonchev–Trinajstić information content (AvgIpc) is 2.97. The van der Waals surface area contributed by atoms with E-state index < -0.39 is 0 Å². The van der Waals surface area contributed by atoms with Gasteiger partial charge in [-0.1, -0.05) is 39.5 Å². The van der Waals surface area contributed by atoms with Gasteiger partial charge in [-0.05, 0) is 30.6 Å². The van der Waals surface area contributed by atoms with E-state index in [1.54, 1.807) is 0 Å². The van der Waals surface area contributed by atoms with Gasteiger partial charge >= 0.3 is 0 Å². The predicted octanol–water partition coefficient (Wildman–Crippen LogP) is 3.20. The highest BCUT2D eigenvalue weighted by Gasteiger charge is 2.32. The minimum absolute atomic E-state index is 0.891. The summed E-state index contributed by atoms with van der Waals surface area (Å²) in [5.41, 5.74) is 0. The Morgan fingerprint density at radius 2 is 1.64 bits per heavy atom. The molecule has 1 heterocycles. The van der Waals surface area contributed by atoms with E-state index in [4.69, 9.17) is 0 Å². The number of hydrogen-bond acceptors (Lipinski definition) is 1. The molecule has 14 heavy (non-hydrogen) atoms. The van der Waals surface area contributed by atoms with Gasteiger partial charge in [0.05, 0.1) is 0 Å². The minimum atomic E-state index is 0.891. The van der Waals surface area contributed by atoms with Gasteiger partial charge in [0.2, 0.25) is 0 Å². The monoisotopic (exact) mass is 195 g/mol. The summed E-state index contributed by atoms with van der Waals surface area (Å²) in [7, 11) is 0. The SMILES string of the molecule is CC1CCCCCC(C2CN2)CC1C. The zero-order chi connectivity index (χ0) is 9.97. The summed E-state index contributed by atoms with van der Waals surface area (Å²) in [5.74, 6) is 2.89. The van der Waals surface area contributed by atoms with E-state index in [1.807, 2.05) is 0 Å². The van der Waals surface area contributed by atoms with Gasteiger partial charge in [-0.2, -0.15) is 0 Å². The van der Waals surface area contributed by atoms with Crippen LogP contribution < -0.4 is 5.32 Å². The van der Waals surface area contributed by atoms with Crippen LogP contribution in [0.2, 0.25) is 0 Å². The van der Waals surface area contributed by atoms with Crippen LogP contribution in [0.4, 0.5) is 0 Å². The van der Waals surface area contributed by atoms with Crippen molar-refractivity contribution < 1.29 is 0 Å². The second-order valence-corrected chi connectivity index (χ2v) is 5.60. The van der Waals surface area contributed by atoms with Gasteiger partial charge in [-0.25, -0.2) is 0 Å². The first-order valence-corrected chi connectivity index (χ1v) is 6.50. The van der Waals surface area contributed by atoms with Gasteiger partial charge in [0.1, 0.15) is 0 Å². The molecular formula is C13H25N. The highest BCUT2D eigenvalue weighted by molar-refractivity contribution is 4.91. The molecular weight excluding hydrogens is 170 g/mol. The summed E-state index contributed by atoms with van der Waals surface area (Å²) in [6.07, 6.45) is 8.83. The fraction of sp³-hybridized carbons (Fsp3) is 1.00. The van der Waals surface area contributed by atoms with Crippen LogP contribution in [0.5, 0.6) is 0 Å². The molecule has 2 fully saturated rings. The van der Waals surface area contributed by atoms with Crippen molar-refractivity contribution in [2.75, 3.05) is 6.54 Å². The van der Waals surface area contributed by atoms with E-state index in [9.17, 15) is 0 Å². The van der Waals surface area contributed by atoms with Crippen LogP contribution >= 0.6 is 0 Å². The third-order valence-corrected chi connectivity index (χ3v) is 4.39. The lowest BCUT2D eigenvalue weighted by Crippen LogP contribution is -2.17. The van der Waals surface area contributed by atoms with Gasteiger partial charge in [0.15, 0.2) is 0 Å². The third kappa shape index (κ3) is 2.73. The van der Waals surface area contributed by atoms with Crippen molar-refractivity contribution in [2.45, 2.75) is 58.4 Å². The molecule has 0 amide bonds. The van der Waals surface area contributed by atoms with Crippen LogP contribution in [0.25, 0.3) is 0 Å². The average molecular weight is 195 g/mol. The molecule has 2 aliphatic rings. The molecule has 0 spiro atoms. The normalized spacial score (nSPS) is 45.0. The number of nitrogens with one attached hydrogen (secondary N) is 1. The lowest BCUT2D eigenvalue weighted by atomic mass is 9.83. The van der Waals surface area contributed by atoms with E-state index in [-0.39, 0.29) is 0 Å². The van der Waals surface area contributed by atoms with Crippen molar-refractivity contribution in [1.29, 1.82) is 0 Å². The Morgan fingerprint density at radius 3 is 2.36 bits per heavy atom. The predicted molar refractivity (Wildman–Crippen MR) is 61.3 cm³/mol. The van der Waals surface area contributed by atoms with Gasteiger partial charge in [-0.3, -0.25) is 0 Å². The number of rotatable bonds is 1. The first-order valence-electron chi connectivity index (χ1n) is 6.50. The Hall–Kier alpha value is -0.0400. The van der Waals surface area contributed by atoms with Gasteiger partial charge in [0.25, 0.3) is 0 Å². The fourth-order valence-corrected chi connectivity index (χ4v) is 2.93. The lowest BCUT2D eigenvalue weighted by Gasteiger charge is -2.23. The molecule has 1 N–H and O–H groups in total. The molecule has 0 bridgehead atoms. The molecule has 0 radical (unpaired) electrons. The smallest absolute Gasteiger partial charge is 0.0221 e. The van der Waals surface area contributed by atoms with Crippen molar-refractivity contribution in [2.24, 2.45) is 17.8 Å². The van der Waals surface area contributed by atoms with Crippen molar-refractivity contribution in [1.82, 2.24) is 5.32 Å². The second kappa shape index (κ2) is 4.65. The molecule has 1 saturated heterocycles. The Morgan fingerprint density at radius 1 is 0.929 bits per heavy atom. The fourth-order valence-electron chi connectivity index (χ4n) is 2.93. The second-order valence-electron chi connectivity index (χ2n) is 5.60. The Kier molecular flexibility index (Phi) is 3.48. The Labute approximate surface area is 88.7 Å². The maximum Gasteiger partial charge on any atom is 0.0221 e. The molecule has 4 atom stereocenters. The summed E-state index contributed by atoms with van der Waals surface area (Å²) < 4.78 is 0. The molecule has 4 unspecified atom stereocenters. The summed E-state index contributed by atoms with van der Waals surface area (Å²) in [5, 5.41) is 3.51. The van der Waals surface area contributed by atoms with Crippen LogP contribution in [0.1, 0.15) is 52.4 Å². The van der Waals surface area contributed by atoms with Crippen LogP contribution in [0, 0.1) is 17.8 Å². The summed E-state index contributed by atoms with van der Waals surface area (Å²) in [4.78, 5) is 0. The van der Waals surface area contributed by atoms with Crippen LogP contribution in [-0.2, 0) is 0 Å². The lowest BCUT2D eigenvalue weighted by molar-refractivity contribution is 0.288. The first kappa shape index (κ1) is 10.5. The molecule has 2 rings (SSSR count). The summed E-state index contributed by atoms with van der Waals surface area (Å²) in [6, 6.07) is 0.891. The summed E-state index contributed by atoms with van der Waals surface area (Å²) in [6.45, 7) is 6.21. The zero-order valence-electron chi connectivity index (χ0n) is 9.76. The summed E-state index contributed by atoms with van der Waals surface area (Å²) >= 11 is 0. The van der Waals surface area contributed by atoms with Crippen molar-refractivity contribution in [3.8, 4) is 0 Å². The van der Waals surface area contributed by atoms with Gasteiger partial charge < -0.3 is 5.32 Å². The number of hydrogen-bond donors (Lipinski definition) is 1. The molecule has 0 aromatic carbocycles. The van der Waals surface area contributed by atoms with Gasteiger partial charge in [-0.15, -0.1) is 0 Å². The Balaban J connectivity index is 1.90. The van der Waals surface area contributed by atoms with Crippen LogP contribution in [0.3, 0.4) is 0 Å². The maximum atomic E-state index is 3.51. The molecule has 0 aromatic heterocycles. The van der Waals surface area contributed by atoms with Crippen molar-refractivity contribution >= 4 is 0 Å². The van der Waals surface area contributed by atoms with E-state index in [0.29, 0.717) is 0 Å². The van der Waals surface area contributed by atoms with Crippen molar-refractivity contribution in [3.63, 3.8) is 0 Å². The topological polar surface area (TPSA) is 21.9 Å². The highest BCUT2D eigenvalue weighted by atomic mass is 15.1. The van der Waals surface area contributed by atoms with E-state index >= 15 is 0 Å². The van der Waals surface area contributed by atoms with E-state index in [1.165, 1.54) is 45.1 Å². The largest absolute Gasteiger partial charge is 0.311 e. The standard InChI is InChI=1S/C13H25N/c1-10-6-4-3-5-7-12(8-11(10)2)13-9-14-13/h10-14H,3-9H2,1-2H3. The van der Waals surface area contributed by atoms with Crippen LogP contribution in [-0.4, -0.2) is 12.6 Å². The Bertz CT molecular complexity index is 174. The maximum absolute atomic E-state index is 3.51. The molecule has 1 saturated carbocycles. The molecule has 1 heteroatoms. The van der Waals surface area contributed by atoms with E-state index in [2.05, 4.69) is 19.2 Å². The quantitative estimate of drug-likeness (QED) is 0.638. The highest BCUT2D eigenvalue weighted by Crippen LogP contribution is 2.33. The molecule has 1 aliphatic heterocycles. The first-order chi connectivity index (χ1) is 6.77. The molecule has 1 aliphatic carbocycles.